The SMILES string of the molecule is CNCc1cccc2c1cc(C)n2C. The van der Waals surface area contributed by atoms with Crippen LogP contribution in [0.25, 0.3) is 10.9 Å². The Balaban J connectivity index is 2.68. The lowest BCUT2D eigenvalue weighted by Gasteiger charge is -2.03. The number of benzene rings is 1. The van der Waals surface area contributed by atoms with Crippen LogP contribution in [0.5, 0.6) is 0 Å². The molecule has 1 aromatic carbocycles. The van der Waals surface area contributed by atoms with Crippen LogP contribution in [0.1, 0.15) is 11.3 Å². The molecule has 0 saturated carbocycles. The monoisotopic (exact) mass is 188 g/mol. The minimum Gasteiger partial charge on any atom is -0.348 e. The van der Waals surface area contributed by atoms with E-state index in [1.165, 1.54) is 22.2 Å². The first-order valence-electron chi connectivity index (χ1n) is 4.92. The number of nitrogens with one attached hydrogen (secondary N) is 1. The summed E-state index contributed by atoms with van der Waals surface area (Å²) in [6, 6.07) is 8.72. The molecule has 1 heterocycles. The average Bonchev–Trinajstić information content (AvgIpc) is 2.46. The van der Waals surface area contributed by atoms with Crippen LogP contribution in [-0.2, 0) is 13.6 Å². The third kappa shape index (κ3) is 1.32. The molecule has 2 aromatic rings. The second-order valence-electron chi connectivity index (χ2n) is 3.73. The molecule has 1 aromatic heterocycles. The smallest absolute Gasteiger partial charge is 0.0483 e. The number of hydrogen-bond acceptors (Lipinski definition) is 1. The molecule has 0 fully saturated rings. The molecule has 0 aliphatic heterocycles. The van der Waals surface area contributed by atoms with E-state index in [-0.39, 0.29) is 0 Å². The van der Waals surface area contributed by atoms with Crippen molar-refractivity contribution >= 4 is 10.9 Å². The Kier molecular flexibility index (Phi) is 2.30. The van der Waals surface area contributed by atoms with Crippen LogP contribution in [0.4, 0.5) is 0 Å². The van der Waals surface area contributed by atoms with Gasteiger partial charge in [0.1, 0.15) is 0 Å². The van der Waals surface area contributed by atoms with Crippen molar-refractivity contribution in [1.82, 2.24) is 9.88 Å². The van der Waals surface area contributed by atoms with Gasteiger partial charge in [0.25, 0.3) is 0 Å². The zero-order valence-corrected chi connectivity index (χ0v) is 8.96. The van der Waals surface area contributed by atoms with Crippen molar-refractivity contribution in [3.63, 3.8) is 0 Å². The molecule has 0 aliphatic rings. The number of aryl methyl sites for hydroxylation is 2. The van der Waals surface area contributed by atoms with Crippen molar-refractivity contribution in [2.24, 2.45) is 7.05 Å². The number of rotatable bonds is 2. The van der Waals surface area contributed by atoms with Crippen LogP contribution < -0.4 is 5.32 Å². The fraction of sp³-hybridized carbons (Fsp3) is 0.333. The van der Waals surface area contributed by atoms with Gasteiger partial charge in [-0.1, -0.05) is 12.1 Å². The zero-order chi connectivity index (χ0) is 10.1. The topological polar surface area (TPSA) is 17.0 Å². The van der Waals surface area contributed by atoms with E-state index in [4.69, 9.17) is 0 Å². The van der Waals surface area contributed by atoms with Crippen molar-refractivity contribution in [3.8, 4) is 0 Å². The maximum atomic E-state index is 3.20. The van der Waals surface area contributed by atoms with Gasteiger partial charge in [-0.15, -0.1) is 0 Å². The number of nitrogens with zero attached hydrogens (tertiary/aromatic N) is 1. The van der Waals surface area contributed by atoms with E-state index in [0.29, 0.717) is 0 Å². The third-order valence-electron chi connectivity index (χ3n) is 2.78. The van der Waals surface area contributed by atoms with Gasteiger partial charge < -0.3 is 9.88 Å². The van der Waals surface area contributed by atoms with Crippen LogP contribution in [0.2, 0.25) is 0 Å². The largest absolute Gasteiger partial charge is 0.348 e. The summed E-state index contributed by atoms with van der Waals surface area (Å²) in [4.78, 5) is 0. The van der Waals surface area contributed by atoms with Gasteiger partial charge in [0.15, 0.2) is 0 Å². The molecule has 0 radical (unpaired) electrons. The summed E-state index contributed by atoms with van der Waals surface area (Å²) < 4.78 is 2.23. The molecule has 74 valence electrons. The molecule has 0 spiro atoms. The summed E-state index contributed by atoms with van der Waals surface area (Å²) in [5.74, 6) is 0. The summed E-state index contributed by atoms with van der Waals surface area (Å²) in [6.07, 6.45) is 0. The Hall–Kier alpha value is -1.28. The van der Waals surface area contributed by atoms with Gasteiger partial charge in [0, 0.05) is 30.2 Å². The van der Waals surface area contributed by atoms with Crippen molar-refractivity contribution in [3.05, 3.63) is 35.5 Å². The van der Waals surface area contributed by atoms with Crippen LogP contribution in [0.3, 0.4) is 0 Å². The van der Waals surface area contributed by atoms with Crippen molar-refractivity contribution in [1.29, 1.82) is 0 Å². The highest BCUT2D eigenvalue weighted by atomic mass is 14.9. The molecule has 0 amide bonds. The lowest BCUT2D eigenvalue weighted by Crippen LogP contribution is -2.05. The highest BCUT2D eigenvalue weighted by Crippen LogP contribution is 2.21. The van der Waals surface area contributed by atoms with Crippen LogP contribution in [0, 0.1) is 6.92 Å². The van der Waals surface area contributed by atoms with E-state index in [1.807, 2.05) is 7.05 Å². The van der Waals surface area contributed by atoms with Crippen molar-refractivity contribution in [2.45, 2.75) is 13.5 Å². The normalized spacial score (nSPS) is 11.1. The fourth-order valence-electron chi connectivity index (χ4n) is 1.90. The standard InChI is InChI=1S/C12H16N2/c1-9-7-11-10(8-13-2)5-4-6-12(11)14(9)3/h4-7,13H,8H2,1-3H3. The number of fused-ring (bicyclic) bond motifs is 1. The lowest BCUT2D eigenvalue weighted by atomic mass is 10.1. The molecule has 1 N–H and O–H groups in total. The summed E-state index contributed by atoms with van der Waals surface area (Å²) in [6.45, 7) is 3.07. The second-order valence-corrected chi connectivity index (χ2v) is 3.73. The molecule has 2 rings (SSSR count). The van der Waals surface area contributed by atoms with Gasteiger partial charge in [0.05, 0.1) is 0 Å². The molecular weight excluding hydrogens is 172 g/mol. The Morgan fingerprint density at radius 2 is 2.14 bits per heavy atom. The fourth-order valence-corrected chi connectivity index (χ4v) is 1.90. The average molecular weight is 188 g/mol. The molecular formula is C12H16N2. The first-order chi connectivity index (χ1) is 6.74. The first kappa shape index (κ1) is 9.28. The lowest BCUT2D eigenvalue weighted by molar-refractivity contribution is 0.823. The molecule has 14 heavy (non-hydrogen) atoms. The van der Waals surface area contributed by atoms with E-state index in [1.54, 1.807) is 0 Å². The van der Waals surface area contributed by atoms with Crippen LogP contribution >= 0.6 is 0 Å². The zero-order valence-electron chi connectivity index (χ0n) is 8.96. The van der Waals surface area contributed by atoms with E-state index in [2.05, 4.69) is 48.1 Å². The summed E-state index contributed by atoms with van der Waals surface area (Å²) in [7, 11) is 4.09. The summed E-state index contributed by atoms with van der Waals surface area (Å²) in [5.41, 5.74) is 3.99. The minimum atomic E-state index is 0.931. The molecule has 2 heteroatoms. The van der Waals surface area contributed by atoms with Crippen LogP contribution in [-0.4, -0.2) is 11.6 Å². The van der Waals surface area contributed by atoms with Gasteiger partial charge in [-0.05, 0) is 31.7 Å². The van der Waals surface area contributed by atoms with Gasteiger partial charge in [0.2, 0.25) is 0 Å². The van der Waals surface area contributed by atoms with Gasteiger partial charge >= 0.3 is 0 Å². The molecule has 0 bridgehead atoms. The number of hydrogen-bond donors (Lipinski definition) is 1. The maximum absolute atomic E-state index is 3.20. The van der Waals surface area contributed by atoms with E-state index < -0.39 is 0 Å². The predicted octanol–water partition coefficient (Wildman–Crippen LogP) is 2.21. The first-order valence-corrected chi connectivity index (χ1v) is 4.92. The Morgan fingerprint density at radius 3 is 2.86 bits per heavy atom. The van der Waals surface area contributed by atoms with E-state index in [0.717, 1.165) is 6.54 Å². The number of aromatic nitrogens is 1. The molecule has 0 atom stereocenters. The third-order valence-corrected chi connectivity index (χ3v) is 2.78. The molecule has 0 saturated heterocycles. The maximum Gasteiger partial charge on any atom is 0.0483 e. The molecule has 0 unspecified atom stereocenters. The second kappa shape index (κ2) is 3.46. The quantitative estimate of drug-likeness (QED) is 0.764. The highest BCUT2D eigenvalue weighted by Gasteiger charge is 2.05. The predicted molar refractivity (Wildman–Crippen MR) is 60.4 cm³/mol. The summed E-state index contributed by atoms with van der Waals surface area (Å²) >= 11 is 0. The minimum absolute atomic E-state index is 0.931. The summed E-state index contributed by atoms with van der Waals surface area (Å²) in [5, 5.41) is 4.56. The molecule has 2 nitrogen and oxygen atoms in total. The van der Waals surface area contributed by atoms with Gasteiger partial charge in [-0.2, -0.15) is 0 Å². The Bertz CT molecular complexity index is 455. The molecule has 0 aliphatic carbocycles. The van der Waals surface area contributed by atoms with Crippen LogP contribution in [0.15, 0.2) is 24.3 Å². The van der Waals surface area contributed by atoms with Gasteiger partial charge in [-0.3, -0.25) is 0 Å². The van der Waals surface area contributed by atoms with Crippen molar-refractivity contribution in [2.75, 3.05) is 7.05 Å². The van der Waals surface area contributed by atoms with Gasteiger partial charge in [-0.25, -0.2) is 0 Å². The van der Waals surface area contributed by atoms with E-state index >= 15 is 0 Å². The van der Waals surface area contributed by atoms with E-state index in [9.17, 15) is 0 Å². The Morgan fingerprint density at radius 1 is 1.36 bits per heavy atom. The highest BCUT2D eigenvalue weighted by molar-refractivity contribution is 5.84. The van der Waals surface area contributed by atoms with Crippen molar-refractivity contribution < 1.29 is 0 Å². The Labute approximate surface area is 84.5 Å².